The van der Waals surface area contributed by atoms with Crippen LogP contribution in [0.15, 0.2) is 0 Å². The van der Waals surface area contributed by atoms with Gasteiger partial charge in [0.15, 0.2) is 0 Å². The molecule has 0 aromatic heterocycles. The van der Waals surface area contributed by atoms with Crippen LogP contribution in [-0.4, -0.2) is 48.1 Å². The minimum absolute atomic E-state index is 0.0497. The second kappa shape index (κ2) is 7.76. The number of carboxylic acid groups (broad SMARTS) is 1. The fourth-order valence-corrected chi connectivity index (χ4v) is 2.24. The molecule has 1 aliphatic heterocycles. The fraction of sp³-hybridized carbons (Fsp3) is 0.769. The molecule has 1 rings (SSSR count). The summed E-state index contributed by atoms with van der Waals surface area (Å²) in [6.45, 7) is 1.16. The molecule has 6 nitrogen and oxygen atoms in total. The molecule has 1 saturated heterocycles. The number of ether oxygens (including phenoxy) is 1. The van der Waals surface area contributed by atoms with E-state index in [9.17, 15) is 14.4 Å². The predicted octanol–water partition coefficient (Wildman–Crippen LogP) is 1.04. The number of methoxy groups -OCH3 is 1. The molecule has 0 aliphatic carbocycles. The molecule has 1 fully saturated rings. The molecule has 0 bridgehead atoms. The summed E-state index contributed by atoms with van der Waals surface area (Å²) < 4.78 is 4.69. The maximum absolute atomic E-state index is 11.9. The van der Waals surface area contributed by atoms with Crippen LogP contribution in [-0.2, 0) is 19.1 Å². The van der Waals surface area contributed by atoms with Crippen LogP contribution in [0.1, 0.15) is 38.5 Å². The first-order chi connectivity index (χ1) is 9.04. The molecule has 0 unspecified atom stereocenters. The average molecular weight is 271 g/mol. The summed E-state index contributed by atoms with van der Waals surface area (Å²) >= 11 is 0. The zero-order chi connectivity index (χ0) is 14.3. The summed E-state index contributed by atoms with van der Waals surface area (Å²) in [5.74, 6) is -1.07. The Morgan fingerprint density at radius 2 is 1.74 bits per heavy atom. The standard InChI is InChI=1S/C13H21NO5/c1-19-13(18)10-6-8-14(9-7-10)11(15)4-2-3-5-12(16)17/h10H,2-9H2,1H3,(H,16,17). The van der Waals surface area contributed by atoms with Gasteiger partial charge in [-0.25, -0.2) is 0 Å². The lowest BCUT2D eigenvalue weighted by Gasteiger charge is -2.30. The largest absolute Gasteiger partial charge is 0.481 e. The number of hydrogen-bond donors (Lipinski definition) is 1. The van der Waals surface area contributed by atoms with Crippen molar-refractivity contribution in [1.82, 2.24) is 4.90 Å². The maximum Gasteiger partial charge on any atom is 0.308 e. The summed E-state index contributed by atoms with van der Waals surface area (Å²) in [4.78, 5) is 35.3. The van der Waals surface area contributed by atoms with Crippen molar-refractivity contribution in [2.24, 2.45) is 5.92 Å². The quantitative estimate of drug-likeness (QED) is 0.576. The lowest BCUT2D eigenvalue weighted by Crippen LogP contribution is -2.40. The summed E-state index contributed by atoms with van der Waals surface area (Å²) in [5.41, 5.74) is 0. The summed E-state index contributed by atoms with van der Waals surface area (Å²) in [6, 6.07) is 0. The Morgan fingerprint density at radius 3 is 2.26 bits per heavy atom. The van der Waals surface area contributed by atoms with Gasteiger partial charge in [-0.3, -0.25) is 14.4 Å². The lowest BCUT2D eigenvalue weighted by molar-refractivity contribution is -0.148. The number of amides is 1. The van der Waals surface area contributed by atoms with Crippen molar-refractivity contribution in [3.8, 4) is 0 Å². The highest BCUT2D eigenvalue weighted by Crippen LogP contribution is 2.19. The van der Waals surface area contributed by atoms with E-state index in [0.717, 1.165) is 0 Å². The first kappa shape index (κ1) is 15.5. The molecule has 1 aliphatic rings. The molecule has 1 N–H and O–H groups in total. The predicted molar refractivity (Wildman–Crippen MR) is 67.4 cm³/mol. The van der Waals surface area contributed by atoms with Crippen molar-refractivity contribution in [1.29, 1.82) is 0 Å². The summed E-state index contributed by atoms with van der Waals surface area (Å²) in [5, 5.41) is 8.49. The molecule has 1 heterocycles. The molecule has 0 aromatic carbocycles. The van der Waals surface area contributed by atoms with Crippen LogP contribution in [0.5, 0.6) is 0 Å². The number of unbranched alkanes of at least 4 members (excludes halogenated alkanes) is 1. The van der Waals surface area contributed by atoms with Crippen LogP contribution in [0.3, 0.4) is 0 Å². The van der Waals surface area contributed by atoms with Crippen LogP contribution in [0.2, 0.25) is 0 Å². The van der Waals surface area contributed by atoms with Gasteiger partial charge >= 0.3 is 11.9 Å². The molecule has 0 atom stereocenters. The van der Waals surface area contributed by atoms with Gasteiger partial charge in [-0.1, -0.05) is 0 Å². The van der Waals surface area contributed by atoms with Crippen LogP contribution in [0.4, 0.5) is 0 Å². The Kier molecular flexibility index (Phi) is 6.32. The van der Waals surface area contributed by atoms with Gasteiger partial charge in [-0.15, -0.1) is 0 Å². The van der Waals surface area contributed by atoms with Gasteiger partial charge in [0.2, 0.25) is 5.91 Å². The van der Waals surface area contributed by atoms with Crippen molar-refractivity contribution < 1.29 is 24.2 Å². The number of carboxylic acids is 1. The molecule has 1 amide bonds. The molecule has 0 aromatic rings. The third-order valence-electron chi connectivity index (χ3n) is 3.41. The third-order valence-corrected chi connectivity index (χ3v) is 3.41. The third kappa shape index (κ3) is 5.28. The number of piperidine rings is 1. The monoisotopic (exact) mass is 271 g/mol. The van der Waals surface area contributed by atoms with Gasteiger partial charge in [0, 0.05) is 25.9 Å². The van der Waals surface area contributed by atoms with Gasteiger partial charge < -0.3 is 14.7 Å². The number of hydrogen-bond acceptors (Lipinski definition) is 4. The van der Waals surface area contributed by atoms with Crippen molar-refractivity contribution in [2.75, 3.05) is 20.2 Å². The summed E-state index contributed by atoms with van der Waals surface area (Å²) in [7, 11) is 1.38. The number of esters is 1. The second-order valence-corrected chi connectivity index (χ2v) is 4.78. The van der Waals surface area contributed by atoms with Crippen LogP contribution in [0, 0.1) is 5.92 Å². The van der Waals surface area contributed by atoms with E-state index in [1.165, 1.54) is 7.11 Å². The van der Waals surface area contributed by atoms with Gasteiger partial charge in [-0.2, -0.15) is 0 Å². The average Bonchev–Trinajstić information content (AvgIpc) is 2.42. The normalized spacial score (nSPS) is 16.2. The molecule has 19 heavy (non-hydrogen) atoms. The number of likely N-dealkylation sites (tertiary alicyclic amines) is 1. The second-order valence-electron chi connectivity index (χ2n) is 4.78. The Hall–Kier alpha value is -1.59. The zero-order valence-electron chi connectivity index (χ0n) is 11.3. The Bertz CT molecular complexity index is 334. The summed E-state index contributed by atoms with van der Waals surface area (Å²) in [6.07, 6.45) is 2.91. The molecule has 108 valence electrons. The number of carbonyl (C=O) groups is 3. The van der Waals surface area contributed by atoms with Gasteiger partial charge in [0.1, 0.15) is 0 Å². The minimum atomic E-state index is -0.827. The van der Waals surface area contributed by atoms with E-state index in [4.69, 9.17) is 5.11 Å². The van der Waals surface area contributed by atoms with E-state index in [2.05, 4.69) is 4.74 Å². The minimum Gasteiger partial charge on any atom is -0.481 e. The van der Waals surface area contributed by atoms with Crippen molar-refractivity contribution in [3.05, 3.63) is 0 Å². The number of rotatable bonds is 6. The Labute approximate surface area is 112 Å². The van der Waals surface area contributed by atoms with Crippen molar-refractivity contribution >= 4 is 17.8 Å². The molecule has 0 saturated carbocycles. The fourth-order valence-electron chi connectivity index (χ4n) is 2.24. The van der Waals surface area contributed by atoms with Crippen molar-refractivity contribution in [2.45, 2.75) is 38.5 Å². The lowest BCUT2D eigenvalue weighted by atomic mass is 9.96. The Morgan fingerprint density at radius 1 is 1.16 bits per heavy atom. The first-order valence-corrected chi connectivity index (χ1v) is 6.62. The topological polar surface area (TPSA) is 83.9 Å². The Balaban J connectivity index is 2.21. The van der Waals surface area contributed by atoms with E-state index < -0.39 is 5.97 Å². The molecular formula is C13H21NO5. The maximum atomic E-state index is 11.9. The first-order valence-electron chi connectivity index (χ1n) is 6.62. The SMILES string of the molecule is COC(=O)C1CCN(C(=O)CCCCC(=O)O)CC1. The van der Waals surface area contributed by atoms with E-state index in [1.54, 1.807) is 4.90 Å². The smallest absolute Gasteiger partial charge is 0.308 e. The highest BCUT2D eigenvalue weighted by Gasteiger charge is 2.27. The molecular weight excluding hydrogens is 250 g/mol. The number of nitrogens with zero attached hydrogens (tertiary/aromatic N) is 1. The number of aliphatic carboxylic acids is 1. The van der Waals surface area contributed by atoms with Gasteiger partial charge in [0.25, 0.3) is 0 Å². The highest BCUT2D eigenvalue weighted by molar-refractivity contribution is 5.77. The van der Waals surface area contributed by atoms with E-state index in [-0.39, 0.29) is 24.2 Å². The molecule has 6 heteroatoms. The van der Waals surface area contributed by atoms with Gasteiger partial charge in [-0.05, 0) is 25.7 Å². The van der Waals surface area contributed by atoms with Crippen LogP contribution < -0.4 is 0 Å². The number of carbonyl (C=O) groups excluding carboxylic acids is 2. The van der Waals surface area contributed by atoms with Crippen LogP contribution >= 0.6 is 0 Å². The molecule has 0 radical (unpaired) electrons. The van der Waals surface area contributed by atoms with E-state index >= 15 is 0 Å². The zero-order valence-corrected chi connectivity index (χ0v) is 11.3. The highest BCUT2D eigenvalue weighted by atomic mass is 16.5. The van der Waals surface area contributed by atoms with Gasteiger partial charge in [0.05, 0.1) is 13.0 Å². The van der Waals surface area contributed by atoms with Crippen LogP contribution in [0.25, 0.3) is 0 Å². The molecule has 0 spiro atoms. The van der Waals surface area contributed by atoms with E-state index in [1.807, 2.05) is 0 Å². The van der Waals surface area contributed by atoms with E-state index in [0.29, 0.717) is 45.2 Å². The van der Waals surface area contributed by atoms with Crippen molar-refractivity contribution in [3.63, 3.8) is 0 Å².